The van der Waals surface area contributed by atoms with E-state index in [0.717, 1.165) is 36.1 Å². The van der Waals surface area contributed by atoms with Gasteiger partial charge in [0.2, 0.25) is 0 Å². The fourth-order valence-electron chi connectivity index (χ4n) is 3.47. The van der Waals surface area contributed by atoms with E-state index < -0.39 is 17.6 Å². The molecule has 1 unspecified atom stereocenters. The molecule has 0 bridgehead atoms. The molecule has 38 heavy (non-hydrogen) atoms. The largest absolute Gasteiger partial charge is 0.463 e. The smallest absolute Gasteiger partial charge is 0.302 e. The molecule has 8 heteroatoms. The molecule has 218 valence electrons. The number of hydrogen-bond donors (Lipinski definition) is 0. The Morgan fingerprint density at radius 2 is 1.45 bits per heavy atom. The number of carbonyl (C=O) groups excluding carboxylic acids is 2. The van der Waals surface area contributed by atoms with Crippen LogP contribution in [0.15, 0.2) is 23.1 Å². The second kappa shape index (κ2) is 17.9. The Labute approximate surface area is 234 Å². The highest BCUT2D eigenvalue weighted by molar-refractivity contribution is 7.99. The maximum Gasteiger partial charge on any atom is 0.302 e. The molecule has 1 rings (SSSR count). The summed E-state index contributed by atoms with van der Waals surface area (Å²) in [5, 5.41) is 0. The van der Waals surface area contributed by atoms with Crippen molar-refractivity contribution in [3.8, 4) is 0 Å². The molecule has 0 N–H and O–H groups in total. The lowest BCUT2D eigenvalue weighted by Gasteiger charge is -2.33. The van der Waals surface area contributed by atoms with Gasteiger partial charge in [-0.25, -0.2) is 0 Å². The molecule has 7 nitrogen and oxygen atoms in total. The third-order valence-corrected chi connectivity index (χ3v) is 7.38. The number of ether oxygens (including phenoxy) is 5. The molecule has 0 saturated carbocycles. The third-order valence-electron chi connectivity index (χ3n) is 6.04. The first-order chi connectivity index (χ1) is 17.9. The van der Waals surface area contributed by atoms with Crippen molar-refractivity contribution >= 4 is 23.7 Å². The highest BCUT2D eigenvalue weighted by atomic mass is 32.2. The van der Waals surface area contributed by atoms with Gasteiger partial charge in [-0.3, -0.25) is 9.59 Å². The summed E-state index contributed by atoms with van der Waals surface area (Å²) in [6.45, 7) is 18.7. The van der Waals surface area contributed by atoms with E-state index >= 15 is 0 Å². The van der Waals surface area contributed by atoms with Crippen LogP contribution in [-0.4, -0.2) is 62.1 Å². The van der Waals surface area contributed by atoms with Gasteiger partial charge in [-0.15, -0.1) is 0 Å². The number of thioether (sulfide) groups is 1. The van der Waals surface area contributed by atoms with Crippen molar-refractivity contribution in [2.75, 3.05) is 26.4 Å². The van der Waals surface area contributed by atoms with Crippen LogP contribution in [0.25, 0.3) is 0 Å². The average Bonchev–Trinajstić information content (AvgIpc) is 2.83. The quantitative estimate of drug-likeness (QED) is 0.0868. The summed E-state index contributed by atoms with van der Waals surface area (Å²) in [6.07, 6.45) is 2.40. The standard InChI is InChI=1S/C30H50O7S/c1-10-12-16-33-22(4)26(19-35-23(5)31)37-29(27(20-36-24(6)32)34-17-13-11-2)38-28-18-25(30(7,8)9)15-14-21(28)3/h14-15,18,22,26-27,29H,10-13,16-17,19-20H2,1-9H3/t22-,26?,27-,29-/m0/s1. The Morgan fingerprint density at radius 3 is 1.97 bits per heavy atom. The first kappa shape index (κ1) is 34.4. The molecular formula is C30H50O7S. The zero-order chi connectivity index (χ0) is 28.7. The fourth-order valence-corrected chi connectivity index (χ4v) is 4.68. The lowest BCUT2D eigenvalue weighted by Crippen LogP contribution is -2.42. The second-order valence-corrected chi connectivity index (χ2v) is 11.8. The lowest BCUT2D eigenvalue weighted by molar-refractivity contribution is -0.164. The Hall–Kier alpha value is -1.61. The molecule has 1 aromatic rings. The van der Waals surface area contributed by atoms with Crippen LogP contribution in [0.2, 0.25) is 0 Å². The minimum Gasteiger partial charge on any atom is -0.463 e. The highest BCUT2D eigenvalue weighted by Crippen LogP contribution is 2.35. The number of carbonyl (C=O) groups is 2. The predicted molar refractivity (Wildman–Crippen MR) is 153 cm³/mol. The van der Waals surface area contributed by atoms with Crippen molar-refractivity contribution in [1.82, 2.24) is 0 Å². The second-order valence-electron chi connectivity index (χ2n) is 10.7. The number of benzene rings is 1. The molecule has 0 aromatic heterocycles. The minimum atomic E-state index is -0.544. The first-order valence-electron chi connectivity index (χ1n) is 13.8. The van der Waals surface area contributed by atoms with Crippen LogP contribution in [-0.2, 0) is 38.7 Å². The lowest BCUT2D eigenvalue weighted by atomic mass is 9.87. The normalized spacial score (nSPS) is 15.0. The van der Waals surface area contributed by atoms with E-state index in [2.05, 4.69) is 59.7 Å². The van der Waals surface area contributed by atoms with E-state index in [-0.39, 0.29) is 36.7 Å². The number of rotatable bonds is 18. The van der Waals surface area contributed by atoms with E-state index in [9.17, 15) is 9.59 Å². The maximum atomic E-state index is 11.7. The first-order valence-corrected chi connectivity index (χ1v) is 14.7. The zero-order valence-electron chi connectivity index (χ0n) is 25.0. The molecule has 4 atom stereocenters. The molecular weight excluding hydrogens is 504 g/mol. The van der Waals surface area contributed by atoms with Crippen molar-refractivity contribution in [3.05, 3.63) is 29.3 Å². The summed E-state index contributed by atoms with van der Waals surface area (Å²) >= 11 is 1.54. The van der Waals surface area contributed by atoms with Crippen LogP contribution in [0.5, 0.6) is 0 Å². The topological polar surface area (TPSA) is 80.3 Å². The van der Waals surface area contributed by atoms with Gasteiger partial charge < -0.3 is 23.7 Å². The van der Waals surface area contributed by atoms with Crippen LogP contribution in [0.4, 0.5) is 0 Å². The Kier molecular flexibility index (Phi) is 16.2. The van der Waals surface area contributed by atoms with Gasteiger partial charge in [-0.2, -0.15) is 0 Å². The third kappa shape index (κ3) is 13.5. The maximum absolute atomic E-state index is 11.7. The summed E-state index contributed by atoms with van der Waals surface area (Å²) in [5.41, 5.74) is 1.76. The molecule has 0 spiro atoms. The van der Waals surface area contributed by atoms with Gasteiger partial charge in [0.25, 0.3) is 0 Å². The predicted octanol–water partition coefficient (Wildman–Crippen LogP) is 6.61. The molecule has 0 amide bonds. The minimum absolute atomic E-state index is 0.0202. The molecule has 0 aliphatic rings. The number of unbranched alkanes of at least 4 members (excludes halogenated alkanes) is 2. The molecule has 0 fully saturated rings. The summed E-state index contributed by atoms with van der Waals surface area (Å²) in [5.74, 6) is -0.760. The summed E-state index contributed by atoms with van der Waals surface area (Å²) in [6, 6.07) is 6.45. The van der Waals surface area contributed by atoms with Crippen molar-refractivity contribution in [2.45, 2.75) is 122 Å². The van der Waals surface area contributed by atoms with E-state index in [1.54, 1.807) is 0 Å². The summed E-state index contributed by atoms with van der Waals surface area (Å²) < 4.78 is 29.7. The monoisotopic (exact) mass is 554 g/mol. The van der Waals surface area contributed by atoms with Crippen LogP contribution in [0.1, 0.15) is 92.2 Å². The fraction of sp³-hybridized carbons (Fsp3) is 0.733. The molecule has 1 aromatic carbocycles. The molecule has 0 radical (unpaired) electrons. The number of esters is 2. The van der Waals surface area contributed by atoms with Gasteiger partial charge in [-0.1, -0.05) is 71.4 Å². The molecule has 0 aliphatic carbocycles. The van der Waals surface area contributed by atoms with Crippen LogP contribution >= 0.6 is 11.8 Å². The average molecular weight is 555 g/mol. The Morgan fingerprint density at radius 1 is 0.895 bits per heavy atom. The number of aryl methyl sites for hydroxylation is 1. The van der Waals surface area contributed by atoms with Crippen LogP contribution in [0, 0.1) is 6.92 Å². The van der Waals surface area contributed by atoms with Gasteiger partial charge in [0, 0.05) is 32.0 Å². The van der Waals surface area contributed by atoms with Gasteiger partial charge >= 0.3 is 11.9 Å². The highest BCUT2D eigenvalue weighted by Gasteiger charge is 2.32. The van der Waals surface area contributed by atoms with Gasteiger partial charge in [0.1, 0.15) is 30.9 Å². The van der Waals surface area contributed by atoms with Gasteiger partial charge in [-0.05, 0) is 49.3 Å². The Bertz CT molecular complexity index is 836. The van der Waals surface area contributed by atoms with E-state index in [4.69, 9.17) is 23.7 Å². The number of hydrogen-bond acceptors (Lipinski definition) is 8. The van der Waals surface area contributed by atoms with Crippen molar-refractivity contribution in [2.24, 2.45) is 0 Å². The van der Waals surface area contributed by atoms with E-state index in [0.29, 0.717) is 13.2 Å². The van der Waals surface area contributed by atoms with Crippen molar-refractivity contribution < 1.29 is 33.3 Å². The van der Waals surface area contributed by atoms with Crippen LogP contribution in [0.3, 0.4) is 0 Å². The van der Waals surface area contributed by atoms with Crippen LogP contribution < -0.4 is 0 Å². The molecule has 0 heterocycles. The van der Waals surface area contributed by atoms with Crippen molar-refractivity contribution in [3.63, 3.8) is 0 Å². The summed E-state index contributed by atoms with van der Waals surface area (Å²) in [4.78, 5) is 24.4. The van der Waals surface area contributed by atoms with Crippen molar-refractivity contribution in [1.29, 1.82) is 0 Å². The van der Waals surface area contributed by atoms with E-state index in [1.807, 2.05) is 6.92 Å². The van der Waals surface area contributed by atoms with Gasteiger partial charge in [0.05, 0.1) is 6.10 Å². The molecule has 0 aliphatic heterocycles. The summed E-state index contributed by atoms with van der Waals surface area (Å²) in [7, 11) is 0. The SMILES string of the molecule is CCCCO[C@@H](C)C(COC(C)=O)O[C@@H](Sc1cc(C(C)(C)C)ccc1C)[C@H](COC(C)=O)OCCCC. The van der Waals surface area contributed by atoms with Gasteiger partial charge in [0.15, 0.2) is 0 Å². The Balaban J connectivity index is 3.39. The van der Waals surface area contributed by atoms with E-state index in [1.165, 1.54) is 31.2 Å². The molecule has 0 saturated heterocycles. The zero-order valence-corrected chi connectivity index (χ0v) is 25.8.